The maximum absolute atomic E-state index is 9.93. The van der Waals surface area contributed by atoms with Gasteiger partial charge in [-0.2, -0.15) is 0 Å². The monoisotopic (exact) mass is 492 g/mol. The van der Waals surface area contributed by atoms with E-state index in [1.165, 1.54) is 6.07 Å². The summed E-state index contributed by atoms with van der Waals surface area (Å²) in [7, 11) is -2.36. The third-order valence-corrected chi connectivity index (χ3v) is 8.82. The number of imidazole rings is 1. The molecule has 6 nitrogen and oxygen atoms in total. The van der Waals surface area contributed by atoms with Gasteiger partial charge in [0.2, 0.25) is 0 Å². The van der Waals surface area contributed by atoms with Crippen molar-refractivity contribution in [3.8, 4) is 5.75 Å². The van der Waals surface area contributed by atoms with Crippen molar-refractivity contribution in [3.05, 3.63) is 21.9 Å². The summed E-state index contributed by atoms with van der Waals surface area (Å²) in [5, 5.41) is 10.2. The number of rotatable bonds is 12. The molecule has 0 amide bonds. The van der Waals surface area contributed by atoms with Gasteiger partial charge in [-0.1, -0.05) is 62.5 Å². The minimum atomic E-state index is -1.24. The second-order valence-electron chi connectivity index (χ2n) is 9.92. The number of phenols is 1. The van der Waals surface area contributed by atoms with Gasteiger partial charge >= 0.3 is 0 Å². The Kier molecular flexibility index (Phi) is 9.24. The molecular weight excluding hydrogens is 459 g/mol. The van der Waals surface area contributed by atoms with E-state index in [1.54, 1.807) is 0 Å². The number of nitrogens with one attached hydrogen (secondary N) is 1. The van der Waals surface area contributed by atoms with Crippen molar-refractivity contribution in [2.24, 2.45) is 0 Å². The molecule has 170 valence electrons. The van der Waals surface area contributed by atoms with Crippen LogP contribution in [0.5, 0.6) is 5.75 Å². The minimum Gasteiger partial charge on any atom is -0.506 e. The molecule has 0 saturated heterocycles. The number of halogens is 2. The fourth-order valence-electron chi connectivity index (χ4n) is 2.61. The van der Waals surface area contributed by atoms with Crippen LogP contribution in [0.25, 0.3) is 11.0 Å². The summed E-state index contributed by atoms with van der Waals surface area (Å²) in [4.78, 5) is 7.75. The lowest BCUT2D eigenvalue weighted by molar-refractivity contribution is -0.0914. The number of aromatic nitrogens is 2. The van der Waals surface area contributed by atoms with Gasteiger partial charge in [0.1, 0.15) is 35.0 Å². The number of aromatic hydroxyl groups is 1. The molecular formula is C20H34Cl2N2O4Si2. The van der Waals surface area contributed by atoms with Crippen molar-refractivity contribution >= 4 is 50.4 Å². The van der Waals surface area contributed by atoms with Crippen LogP contribution in [-0.4, -0.2) is 57.8 Å². The highest BCUT2D eigenvalue weighted by molar-refractivity contribution is 6.76. The predicted molar refractivity (Wildman–Crippen MR) is 130 cm³/mol. The first kappa shape index (κ1) is 25.6. The van der Waals surface area contributed by atoms with Crippen molar-refractivity contribution < 1.29 is 19.3 Å². The van der Waals surface area contributed by atoms with Crippen molar-refractivity contribution in [2.75, 3.05) is 26.6 Å². The zero-order chi connectivity index (χ0) is 22.5. The number of fused-ring (bicyclic) bond motifs is 1. The first-order valence-corrected chi connectivity index (χ1v) is 18.4. The molecule has 1 atom stereocenters. The van der Waals surface area contributed by atoms with E-state index in [4.69, 9.17) is 37.4 Å². The molecule has 1 aromatic heterocycles. The van der Waals surface area contributed by atoms with Gasteiger partial charge < -0.3 is 24.3 Å². The zero-order valence-corrected chi connectivity index (χ0v) is 22.3. The third kappa shape index (κ3) is 8.14. The molecule has 0 aliphatic heterocycles. The number of nitrogens with zero attached hydrogens (tertiary/aromatic N) is 1. The Morgan fingerprint density at radius 2 is 1.63 bits per heavy atom. The van der Waals surface area contributed by atoms with Crippen LogP contribution in [0.15, 0.2) is 6.07 Å². The molecule has 0 aliphatic carbocycles. The smallest absolute Gasteiger partial charge is 0.146 e. The van der Waals surface area contributed by atoms with Gasteiger partial charge in [0.25, 0.3) is 0 Å². The Morgan fingerprint density at radius 1 is 1.00 bits per heavy atom. The number of hydrogen-bond acceptors (Lipinski definition) is 5. The van der Waals surface area contributed by atoms with Gasteiger partial charge in [-0.3, -0.25) is 0 Å². The van der Waals surface area contributed by atoms with E-state index in [2.05, 4.69) is 49.3 Å². The van der Waals surface area contributed by atoms with Crippen LogP contribution in [0.3, 0.4) is 0 Å². The molecule has 30 heavy (non-hydrogen) atoms. The summed E-state index contributed by atoms with van der Waals surface area (Å²) in [6.45, 7) is 15.7. The second-order valence-corrected chi connectivity index (χ2v) is 21.9. The molecule has 0 spiro atoms. The van der Waals surface area contributed by atoms with Crippen LogP contribution in [0.2, 0.25) is 61.4 Å². The Morgan fingerprint density at radius 3 is 2.27 bits per heavy atom. The Labute approximate surface area is 191 Å². The van der Waals surface area contributed by atoms with Crippen molar-refractivity contribution in [3.63, 3.8) is 0 Å². The molecule has 1 heterocycles. The normalized spacial score (nSPS) is 13.9. The van der Waals surface area contributed by atoms with E-state index < -0.39 is 22.3 Å². The van der Waals surface area contributed by atoms with Crippen molar-refractivity contribution in [1.29, 1.82) is 0 Å². The van der Waals surface area contributed by atoms with Crippen LogP contribution in [0.1, 0.15) is 11.9 Å². The number of benzene rings is 1. The summed E-state index contributed by atoms with van der Waals surface area (Å²) < 4.78 is 17.5. The van der Waals surface area contributed by atoms with Gasteiger partial charge in [-0.15, -0.1) is 0 Å². The van der Waals surface area contributed by atoms with Gasteiger partial charge in [0, 0.05) is 35.4 Å². The molecule has 2 rings (SSSR count). The summed E-state index contributed by atoms with van der Waals surface area (Å²) in [6.07, 6.45) is -0.397. The number of H-pyrrole nitrogens is 1. The van der Waals surface area contributed by atoms with Gasteiger partial charge in [0.15, 0.2) is 0 Å². The topological polar surface area (TPSA) is 76.6 Å². The quantitative estimate of drug-likeness (QED) is 0.206. The van der Waals surface area contributed by atoms with E-state index in [0.717, 1.165) is 12.1 Å². The lowest BCUT2D eigenvalue weighted by Crippen LogP contribution is -2.24. The standard InChI is InChI=1S/C20H34Cl2N2O4Si2/c1-29(2,3)9-7-26-13-27-12-16(28-8-10-30(4,5)6)20-23-14-11-15(25)17(21)18(22)19(14)24-20/h11,16,25H,7-10,12-13H2,1-6H3,(H,23,24). The molecule has 0 aliphatic rings. The SMILES string of the molecule is C[Si](C)(C)CCOCOCC(OCC[Si](C)(C)C)c1nc2c(Cl)c(Cl)c(O)cc2[nH]1. The third-order valence-electron chi connectivity index (χ3n) is 4.57. The molecule has 0 bridgehead atoms. The fraction of sp³-hybridized carbons (Fsp3) is 0.650. The molecule has 1 aromatic carbocycles. The van der Waals surface area contributed by atoms with Crippen molar-refractivity contribution in [2.45, 2.75) is 57.5 Å². The Balaban J connectivity index is 2.05. The van der Waals surface area contributed by atoms with Crippen LogP contribution in [-0.2, 0) is 14.2 Å². The Bertz CT molecular complexity index is 835. The zero-order valence-electron chi connectivity index (χ0n) is 18.8. The number of phenolic OH excluding ortho intramolecular Hbond substituents is 1. The second kappa shape index (κ2) is 10.8. The minimum absolute atomic E-state index is 0.0884. The van der Waals surface area contributed by atoms with E-state index in [9.17, 15) is 5.11 Å². The number of aromatic amines is 1. The molecule has 10 heteroatoms. The van der Waals surface area contributed by atoms with Gasteiger partial charge in [-0.25, -0.2) is 4.98 Å². The van der Waals surface area contributed by atoms with Crippen LogP contribution < -0.4 is 0 Å². The summed E-state index contributed by atoms with van der Waals surface area (Å²) in [6, 6.07) is 3.64. The van der Waals surface area contributed by atoms with Gasteiger partial charge in [-0.05, 0) is 12.1 Å². The van der Waals surface area contributed by atoms with Crippen LogP contribution in [0.4, 0.5) is 0 Å². The number of ether oxygens (including phenoxy) is 3. The maximum atomic E-state index is 9.93. The van der Waals surface area contributed by atoms with Crippen LogP contribution >= 0.6 is 23.2 Å². The van der Waals surface area contributed by atoms with E-state index >= 15 is 0 Å². The lowest BCUT2D eigenvalue weighted by Gasteiger charge is -2.20. The average Bonchev–Trinajstić information content (AvgIpc) is 3.03. The summed E-state index contributed by atoms with van der Waals surface area (Å²) >= 11 is 12.3. The highest BCUT2D eigenvalue weighted by atomic mass is 35.5. The van der Waals surface area contributed by atoms with E-state index in [0.29, 0.717) is 36.7 Å². The molecule has 0 radical (unpaired) electrons. The average molecular weight is 494 g/mol. The van der Waals surface area contributed by atoms with Crippen molar-refractivity contribution in [1.82, 2.24) is 9.97 Å². The molecule has 0 fully saturated rings. The van der Waals surface area contributed by atoms with E-state index in [1.807, 2.05) is 0 Å². The highest BCUT2D eigenvalue weighted by Gasteiger charge is 2.22. The highest BCUT2D eigenvalue weighted by Crippen LogP contribution is 2.37. The van der Waals surface area contributed by atoms with Crippen LogP contribution in [0, 0.1) is 0 Å². The molecule has 2 aromatic rings. The summed E-state index contributed by atoms with van der Waals surface area (Å²) in [5.74, 6) is 0.499. The Hall–Kier alpha value is -0.616. The maximum Gasteiger partial charge on any atom is 0.146 e. The summed E-state index contributed by atoms with van der Waals surface area (Å²) in [5.41, 5.74) is 1.10. The molecule has 2 N–H and O–H groups in total. The first-order chi connectivity index (χ1) is 13.9. The molecule has 1 unspecified atom stereocenters. The fourth-order valence-corrected chi connectivity index (χ4v) is 4.48. The molecule has 0 saturated carbocycles. The lowest BCUT2D eigenvalue weighted by atomic mass is 10.3. The van der Waals surface area contributed by atoms with Gasteiger partial charge in [0.05, 0.1) is 17.1 Å². The van der Waals surface area contributed by atoms with E-state index in [-0.39, 0.29) is 22.6 Å². The first-order valence-electron chi connectivity index (χ1n) is 10.2. The number of hydrogen-bond donors (Lipinski definition) is 2. The predicted octanol–water partition coefficient (Wildman–Crippen LogP) is 6.30. The largest absolute Gasteiger partial charge is 0.506 e.